The zero-order valence-electron chi connectivity index (χ0n) is 11.9. The third kappa shape index (κ3) is 7.46. The van der Waals surface area contributed by atoms with Gasteiger partial charge in [0.25, 0.3) is 0 Å². The first-order valence-electron chi connectivity index (χ1n) is 7.31. The first-order chi connectivity index (χ1) is 8.83. The Labute approximate surface area is 112 Å². The largest absolute Gasteiger partial charge is 0.313 e. The van der Waals surface area contributed by atoms with Gasteiger partial charge >= 0.3 is 0 Å². The first-order valence-corrected chi connectivity index (χ1v) is 7.31. The Hall–Kier alpha value is -0.860. The predicted molar refractivity (Wildman–Crippen MR) is 79.8 cm³/mol. The Morgan fingerprint density at radius 3 is 2.56 bits per heavy atom. The van der Waals surface area contributed by atoms with Crippen molar-refractivity contribution in [1.82, 2.24) is 10.6 Å². The number of rotatable bonds is 10. The van der Waals surface area contributed by atoms with Gasteiger partial charge in [-0.2, -0.15) is 0 Å². The number of hydrogen-bond donors (Lipinski definition) is 2. The summed E-state index contributed by atoms with van der Waals surface area (Å²) in [4.78, 5) is 0. The summed E-state index contributed by atoms with van der Waals surface area (Å²) in [5, 5.41) is 7.03. The van der Waals surface area contributed by atoms with Gasteiger partial charge in [-0.05, 0) is 18.9 Å². The van der Waals surface area contributed by atoms with Crippen molar-refractivity contribution in [3.05, 3.63) is 35.9 Å². The van der Waals surface area contributed by atoms with Crippen LogP contribution < -0.4 is 10.6 Å². The Kier molecular flexibility index (Phi) is 8.53. The second kappa shape index (κ2) is 10.1. The van der Waals surface area contributed by atoms with Crippen molar-refractivity contribution in [3.63, 3.8) is 0 Å². The van der Waals surface area contributed by atoms with Crippen molar-refractivity contribution in [2.24, 2.45) is 0 Å². The van der Waals surface area contributed by atoms with Gasteiger partial charge in [0, 0.05) is 25.7 Å². The molecule has 2 heteroatoms. The fourth-order valence-electron chi connectivity index (χ4n) is 2.04. The van der Waals surface area contributed by atoms with Crippen molar-refractivity contribution >= 4 is 0 Å². The number of unbranched alkanes of at least 4 members (excludes halogenated alkanes) is 2. The van der Waals surface area contributed by atoms with E-state index >= 15 is 0 Å². The van der Waals surface area contributed by atoms with Gasteiger partial charge in [0.2, 0.25) is 0 Å². The molecule has 2 nitrogen and oxygen atoms in total. The molecule has 18 heavy (non-hydrogen) atoms. The van der Waals surface area contributed by atoms with E-state index in [4.69, 9.17) is 0 Å². The standard InChI is InChI=1S/C16H28N2/c1-3-4-6-9-15(2)18-13-12-17-14-16-10-7-5-8-11-16/h5,7-8,10-11,15,17-18H,3-4,6,9,12-14H2,1-2H3. The molecule has 0 aliphatic carbocycles. The second-order valence-electron chi connectivity index (χ2n) is 5.01. The Bertz CT molecular complexity index is 284. The van der Waals surface area contributed by atoms with Gasteiger partial charge in [-0.25, -0.2) is 0 Å². The average Bonchev–Trinajstić information content (AvgIpc) is 2.40. The molecule has 1 rings (SSSR count). The van der Waals surface area contributed by atoms with E-state index in [-0.39, 0.29) is 0 Å². The molecule has 1 aromatic carbocycles. The lowest BCUT2D eigenvalue weighted by Crippen LogP contribution is -2.33. The van der Waals surface area contributed by atoms with Crippen LogP contribution in [0.5, 0.6) is 0 Å². The maximum Gasteiger partial charge on any atom is 0.0206 e. The quantitative estimate of drug-likeness (QED) is 0.621. The van der Waals surface area contributed by atoms with Gasteiger partial charge in [0.1, 0.15) is 0 Å². The van der Waals surface area contributed by atoms with Gasteiger partial charge < -0.3 is 10.6 Å². The normalized spacial score (nSPS) is 12.6. The van der Waals surface area contributed by atoms with Gasteiger partial charge in [-0.1, -0.05) is 56.5 Å². The van der Waals surface area contributed by atoms with Crippen LogP contribution in [0.1, 0.15) is 45.1 Å². The molecule has 1 aromatic rings. The zero-order valence-corrected chi connectivity index (χ0v) is 11.9. The predicted octanol–water partition coefficient (Wildman–Crippen LogP) is 3.33. The molecule has 0 bridgehead atoms. The van der Waals surface area contributed by atoms with E-state index in [1.54, 1.807) is 0 Å². The van der Waals surface area contributed by atoms with Crippen molar-refractivity contribution in [1.29, 1.82) is 0 Å². The van der Waals surface area contributed by atoms with Crippen LogP contribution in [0.15, 0.2) is 30.3 Å². The lowest BCUT2D eigenvalue weighted by molar-refractivity contribution is 0.479. The first kappa shape index (κ1) is 15.2. The van der Waals surface area contributed by atoms with Gasteiger partial charge in [-0.3, -0.25) is 0 Å². The maximum absolute atomic E-state index is 3.57. The summed E-state index contributed by atoms with van der Waals surface area (Å²) >= 11 is 0. The van der Waals surface area contributed by atoms with Crippen LogP contribution in [-0.2, 0) is 6.54 Å². The number of benzene rings is 1. The van der Waals surface area contributed by atoms with E-state index in [1.165, 1.54) is 31.2 Å². The highest BCUT2D eigenvalue weighted by Gasteiger charge is 1.99. The Morgan fingerprint density at radius 2 is 1.83 bits per heavy atom. The molecular formula is C16H28N2. The molecular weight excluding hydrogens is 220 g/mol. The fraction of sp³-hybridized carbons (Fsp3) is 0.625. The van der Waals surface area contributed by atoms with Crippen LogP contribution >= 0.6 is 0 Å². The SMILES string of the molecule is CCCCCC(C)NCCNCc1ccccc1. The van der Waals surface area contributed by atoms with Crippen LogP contribution in [0.25, 0.3) is 0 Å². The lowest BCUT2D eigenvalue weighted by Gasteiger charge is -2.13. The molecule has 102 valence electrons. The van der Waals surface area contributed by atoms with Crippen molar-refractivity contribution < 1.29 is 0 Å². The smallest absolute Gasteiger partial charge is 0.0206 e. The molecule has 1 atom stereocenters. The summed E-state index contributed by atoms with van der Waals surface area (Å²) in [5.74, 6) is 0. The van der Waals surface area contributed by atoms with Crippen molar-refractivity contribution in [2.75, 3.05) is 13.1 Å². The van der Waals surface area contributed by atoms with Crippen LogP contribution in [0.4, 0.5) is 0 Å². The highest BCUT2D eigenvalue weighted by molar-refractivity contribution is 5.14. The minimum Gasteiger partial charge on any atom is -0.313 e. The van der Waals surface area contributed by atoms with E-state index in [0.717, 1.165) is 19.6 Å². The minimum absolute atomic E-state index is 0.648. The molecule has 0 saturated carbocycles. The summed E-state index contributed by atoms with van der Waals surface area (Å²) in [6.07, 6.45) is 5.32. The highest BCUT2D eigenvalue weighted by Crippen LogP contribution is 2.02. The molecule has 1 unspecified atom stereocenters. The molecule has 0 fully saturated rings. The summed E-state index contributed by atoms with van der Waals surface area (Å²) in [6, 6.07) is 11.2. The average molecular weight is 248 g/mol. The van der Waals surface area contributed by atoms with Crippen LogP contribution in [0, 0.1) is 0 Å². The molecule has 0 heterocycles. The second-order valence-corrected chi connectivity index (χ2v) is 5.01. The summed E-state index contributed by atoms with van der Waals surface area (Å²) in [5.41, 5.74) is 1.36. The zero-order chi connectivity index (χ0) is 13.1. The molecule has 2 N–H and O–H groups in total. The molecule has 0 spiro atoms. The van der Waals surface area contributed by atoms with E-state index in [0.29, 0.717) is 6.04 Å². The summed E-state index contributed by atoms with van der Waals surface area (Å²) in [6.45, 7) is 7.60. The van der Waals surface area contributed by atoms with E-state index < -0.39 is 0 Å². The highest BCUT2D eigenvalue weighted by atomic mass is 15.0. The topological polar surface area (TPSA) is 24.1 Å². The molecule has 0 aliphatic rings. The van der Waals surface area contributed by atoms with Crippen molar-refractivity contribution in [3.8, 4) is 0 Å². The summed E-state index contributed by atoms with van der Waals surface area (Å²) in [7, 11) is 0. The van der Waals surface area contributed by atoms with E-state index in [1.807, 2.05) is 0 Å². The third-order valence-corrected chi connectivity index (χ3v) is 3.21. The van der Waals surface area contributed by atoms with Crippen LogP contribution in [0.3, 0.4) is 0 Å². The van der Waals surface area contributed by atoms with Crippen LogP contribution in [0.2, 0.25) is 0 Å². The molecule has 0 aliphatic heterocycles. The molecule has 0 aromatic heterocycles. The minimum atomic E-state index is 0.648. The molecule has 0 amide bonds. The number of nitrogens with one attached hydrogen (secondary N) is 2. The Balaban J connectivity index is 1.95. The van der Waals surface area contributed by atoms with Gasteiger partial charge in [0.15, 0.2) is 0 Å². The molecule has 0 saturated heterocycles. The number of hydrogen-bond acceptors (Lipinski definition) is 2. The van der Waals surface area contributed by atoms with Gasteiger partial charge in [0.05, 0.1) is 0 Å². The van der Waals surface area contributed by atoms with E-state index in [9.17, 15) is 0 Å². The van der Waals surface area contributed by atoms with Crippen molar-refractivity contribution in [2.45, 2.75) is 52.1 Å². The van der Waals surface area contributed by atoms with E-state index in [2.05, 4.69) is 54.8 Å². The monoisotopic (exact) mass is 248 g/mol. The van der Waals surface area contributed by atoms with Gasteiger partial charge in [-0.15, -0.1) is 0 Å². The summed E-state index contributed by atoms with van der Waals surface area (Å²) < 4.78 is 0. The van der Waals surface area contributed by atoms with Crippen LogP contribution in [-0.4, -0.2) is 19.1 Å². The maximum atomic E-state index is 3.57. The third-order valence-electron chi connectivity index (χ3n) is 3.21. The fourth-order valence-corrected chi connectivity index (χ4v) is 2.04. The molecule has 0 radical (unpaired) electrons. The Morgan fingerprint density at radius 1 is 1.06 bits per heavy atom. The lowest BCUT2D eigenvalue weighted by atomic mass is 10.1.